The quantitative estimate of drug-likeness (QED) is 0.803. The second kappa shape index (κ2) is 8.02. The van der Waals surface area contributed by atoms with E-state index >= 15 is 0 Å². The van der Waals surface area contributed by atoms with Gasteiger partial charge in [-0.2, -0.15) is 0 Å². The molecule has 1 aliphatic carbocycles. The highest BCUT2D eigenvalue weighted by Crippen LogP contribution is 2.25. The van der Waals surface area contributed by atoms with Crippen molar-refractivity contribution in [3.8, 4) is 12.3 Å². The minimum Gasteiger partial charge on any atom is -0.346 e. The number of terminal acetylenes is 1. The zero-order valence-electron chi connectivity index (χ0n) is 13.1. The lowest BCUT2D eigenvalue weighted by atomic mass is 9.94. The zero-order chi connectivity index (χ0) is 14.4. The molecule has 1 heterocycles. The van der Waals surface area contributed by atoms with Gasteiger partial charge in [0.2, 0.25) is 0 Å². The van der Waals surface area contributed by atoms with Crippen LogP contribution in [0.5, 0.6) is 0 Å². The van der Waals surface area contributed by atoms with Crippen LogP contribution in [0.1, 0.15) is 58.8 Å². The Morgan fingerprint density at radius 3 is 2.50 bits per heavy atom. The summed E-state index contributed by atoms with van der Waals surface area (Å²) in [6.07, 6.45) is 15.1. The van der Waals surface area contributed by atoms with Crippen molar-refractivity contribution in [1.82, 2.24) is 10.2 Å². The number of nitrogens with zero attached hydrogens (tertiary/aromatic N) is 1. The molecule has 3 atom stereocenters. The minimum absolute atomic E-state index is 0.105. The zero-order valence-corrected chi connectivity index (χ0v) is 13.1. The lowest BCUT2D eigenvalue weighted by Crippen LogP contribution is -2.60. The van der Waals surface area contributed by atoms with Gasteiger partial charge >= 0.3 is 0 Å². The average Bonchev–Trinajstić information content (AvgIpc) is 2.40. The average molecular weight is 278 g/mol. The summed E-state index contributed by atoms with van der Waals surface area (Å²) in [4.78, 5) is 2.58. The molecule has 1 aliphatic heterocycles. The molecule has 2 aliphatic rings. The molecule has 0 radical (unpaired) electrons. The summed E-state index contributed by atoms with van der Waals surface area (Å²) in [5.41, 5.74) is 0. The normalized spacial score (nSPS) is 32.0. The smallest absolute Gasteiger partial charge is 0.125 e. The third-order valence-corrected chi connectivity index (χ3v) is 4.64. The Labute approximate surface area is 124 Å². The fraction of sp³-hybridized carbons (Fsp3) is 0.882. The fourth-order valence-corrected chi connectivity index (χ4v) is 3.47. The third-order valence-electron chi connectivity index (χ3n) is 4.64. The largest absolute Gasteiger partial charge is 0.346 e. The van der Waals surface area contributed by atoms with E-state index in [1.165, 1.54) is 44.9 Å². The molecule has 1 N–H and O–H groups in total. The first-order valence-corrected chi connectivity index (χ1v) is 8.31. The van der Waals surface area contributed by atoms with Crippen LogP contribution in [-0.4, -0.2) is 42.4 Å². The first kappa shape index (κ1) is 15.8. The maximum atomic E-state index is 6.05. The minimum atomic E-state index is -0.105. The van der Waals surface area contributed by atoms with Crippen molar-refractivity contribution in [1.29, 1.82) is 0 Å². The second-order valence-electron chi connectivity index (χ2n) is 6.40. The van der Waals surface area contributed by atoms with Gasteiger partial charge in [0.15, 0.2) is 0 Å². The number of rotatable bonds is 3. The third kappa shape index (κ3) is 4.48. The molecule has 20 heavy (non-hydrogen) atoms. The fourth-order valence-electron chi connectivity index (χ4n) is 3.47. The number of hydrogen-bond donors (Lipinski definition) is 1. The number of hydrogen-bond acceptors (Lipinski definition) is 3. The Morgan fingerprint density at radius 2 is 1.85 bits per heavy atom. The van der Waals surface area contributed by atoms with E-state index in [0.717, 1.165) is 13.1 Å². The van der Waals surface area contributed by atoms with Crippen LogP contribution >= 0.6 is 0 Å². The Bertz CT molecular complexity index is 317. The van der Waals surface area contributed by atoms with Gasteiger partial charge in [-0.3, -0.25) is 4.90 Å². The van der Waals surface area contributed by atoms with E-state index < -0.39 is 0 Å². The van der Waals surface area contributed by atoms with Crippen LogP contribution in [-0.2, 0) is 4.74 Å². The van der Waals surface area contributed by atoms with E-state index in [-0.39, 0.29) is 12.3 Å². The molecule has 0 aromatic heterocycles. The Morgan fingerprint density at radius 1 is 1.20 bits per heavy atom. The van der Waals surface area contributed by atoms with Crippen LogP contribution in [0.2, 0.25) is 0 Å². The summed E-state index contributed by atoms with van der Waals surface area (Å²) < 4.78 is 6.05. The SMILES string of the molecule is C#C[C@H](C)OC1CN[C@H](C)CN1C1CCCCCCC1. The number of ether oxygens (including phenoxy) is 1. The Kier molecular flexibility index (Phi) is 6.35. The molecule has 1 saturated carbocycles. The van der Waals surface area contributed by atoms with Crippen LogP contribution in [0.3, 0.4) is 0 Å². The lowest BCUT2D eigenvalue weighted by Gasteiger charge is -2.44. The standard InChI is InChI=1S/C17H30N2O/c1-4-15(3)20-17-12-18-14(2)13-19(17)16-10-8-6-5-7-9-11-16/h1,14-18H,5-13H2,2-3H3/t14-,15+,17?/m1/s1. The highest BCUT2D eigenvalue weighted by molar-refractivity contribution is 4.93. The first-order chi connectivity index (χ1) is 9.70. The van der Waals surface area contributed by atoms with E-state index in [1.807, 2.05) is 6.92 Å². The molecule has 0 amide bonds. The van der Waals surface area contributed by atoms with E-state index in [9.17, 15) is 0 Å². The summed E-state index contributed by atoms with van der Waals surface area (Å²) in [5, 5.41) is 3.52. The van der Waals surface area contributed by atoms with Gasteiger partial charge in [0.1, 0.15) is 12.3 Å². The van der Waals surface area contributed by atoms with Crippen molar-refractivity contribution < 1.29 is 4.74 Å². The first-order valence-electron chi connectivity index (χ1n) is 8.31. The van der Waals surface area contributed by atoms with Gasteiger partial charge in [-0.05, 0) is 26.7 Å². The molecular formula is C17H30N2O. The molecule has 0 spiro atoms. The second-order valence-corrected chi connectivity index (χ2v) is 6.40. The molecule has 114 valence electrons. The molecule has 3 heteroatoms. The van der Waals surface area contributed by atoms with Crippen LogP contribution < -0.4 is 5.32 Å². The molecule has 3 nitrogen and oxygen atoms in total. The predicted molar refractivity (Wildman–Crippen MR) is 83.4 cm³/mol. The van der Waals surface area contributed by atoms with Crippen molar-refractivity contribution in [2.75, 3.05) is 13.1 Å². The summed E-state index contributed by atoms with van der Waals surface area (Å²) in [6, 6.07) is 1.22. The summed E-state index contributed by atoms with van der Waals surface area (Å²) >= 11 is 0. The monoisotopic (exact) mass is 278 g/mol. The van der Waals surface area contributed by atoms with E-state index in [1.54, 1.807) is 0 Å². The highest BCUT2D eigenvalue weighted by atomic mass is 16.5. The van der Waals surface area contributed by atoms with Crippen molar-refractivity contribution in [2.24, 2.45) is 0 Å². The van der Waals surface area contributed by atoms with Crippen molar-refractivity contribution in [3.05, 3.63) is 0 Å². The van der Waals surface area contributed by atoms with E-state index in [2.05, 4.69) is 23.1 Å². The highest BCUT2D eigenvalue weighted by Gasteiger charge is 2.32. The Balaban J connectivity index is 1.99. The van der Waals surface area contributed by atoms with Crippen LogP contribution in [0.25, 0.3) is 0 Å². The van der Waals surface area contributed by atoms with Gasteiger partial charge < -0.3 is 10.1 Å². The van der Waals surface area contributed by atoms with E-state index in [0.29, 0.717) is 12.1 Å². The molecule has 2 rings (SSSR count). The molecule has 0 bridgehead atoms. The van der Waals surface area contributed by atoms with Gasteiger partial charge in [0.25, 0.3) is 0 Å². The van der Waals surface area contributed by atoms with E-state index in [4.69, 9.17) is 11.2 Å². The summed E-state index contributed by atoms with van der Waals surface area (Å²) in [5.74, 6) is 2.69. The van der Waals surface area contributed by atoms with Gasteiger partial charge in [-0.15, -0.1) is 6.42 Å². The van der Waals surface area contributed by atoms with Crippen molar-refractivity contribution >= 4 is 0 Å². The van der Waals surface area contributed by atoms with Crippen LogP contribution in [0.4, 0.5) is 0 Å². The summed E-state index contributed by atoms with van der Waals surface area (Å²) in [6.45, 7) is 6.20. The molecular weight excluding hydrogens is 248 g/mol. The summed E-state index contributed by atoms with van der Waals surface area (Å²) in [7, 11) is 0. The molecule has 0 aromatic rings. The maximum absolute atomic E-state index is 6.05. The molecule has 1 unspecified atom stereocenters. The van der Waals surface area contributed by atoms with Gasteiger partial charge in [-0.25, -0.2) is 0 Å². The van der Waals surface area contributed by atoms with Crippen LogP contribution in [0, 0.1) is 12.3 Å². The number of piperazine rings is 1. The van der Waals surface area contributed by atoms with Gasteiger partial charge in [-0.1, -0.05) is 38.0 Å². The number of nitrogens with one attached hydrogen (secondary N) is 1. The lowest BCUT2D eigenvalue weighted by molar-refractivity contribution is -0.113. The molecule has 2 fully saturated rings. The maximum Gasteiger partial charge on any atom is 0.125 e. The Hall–Kier alpha value is -0.560. The molecule has 0 aromatic carbocycles. The molecule has 1 saturated heterocycles. The topological polar surface area (TPSA) is 24.5 Å². The predicted octanol–water partition coefficient (Wildman–Crippen LogP) is 2.76. The van der Waals surface area contributed by atoms with Crippen molar-refractivity contribution in [3.63, 3.8) is 0 Å². The van der Waals surface area contributed by atoms with Crippen LogP contribution in [0.15, 0.2) is 0 Å². The van der Waals surface area contributed by atoms with Gasteiger partial charge in [0.05, 0.1) is 0 Å². The van der Waals surface area contributed by atoms with Crippen molar-refractivity contribution in [2.45, 2.75) is 83.2 Å². The van der Waals surface area contributed by atoms with Gasteiger partial charge in [0, 0.05) is 25.2 Å².